The average molecular weight is 381 g/mol. The summed E-state index contributed by atoms with van der Waals surface area (Å²) in [5.74, 6) is 0.873. The van der Waals surface area contributed by atoms with Crippen LogP contribution in [0.25, 0.3) is 11.3 Å². The number of aliphatic hydroxyl groups excluding tert-OH is 1. The standard InChI is InChI=1S/C21H23N3O4/c1-27-19-9-8-15(11-20(19)28-2)17-12-18(24-23-17)21(26)22-16(13-25)10-14-6-4-3-5-7-14/h3-9,11-12,16,25H,10,13H2,1-2H3,(H,22,26)(H,23,24)/t16-/m1/s1. The first-order valence-electron chi connectivity index (χ1n) is 8.88. The Kier molecular flexibility index (Phi) is 6.29. The lowest BCUT2D eigenvalue weighted by molar-refractivity contribution is 0.0911. The number of aromatic nitrogens is 2. The molecule has 0 saturated carbocycles. The number of methoxy groups -OCH3 is 2. The monoisotopic (exact) mass is 381 g/mol. The van der Waals surface area contributed by atoms with Gasteiger partial charge < -0.3 is 19.9 Å². The minimum Gasteiger partial charge on any atom is -0.493 e. The van der Waals surface area contributed by atoms with Crippen LogP contribution in [-0.2, 0) is 6.42 Å². The Morgan fingerprint density at radius 2 is 1.86 bits per heavy atom. The Morgan fingerprint density at radius 3 is 2.54 bits per heavy atom. The predicted octanol–water partition coefficient (Wildman–Crippen LogP) is 2.43. The summed E-state index contributed by atoms with van der Waals surface area (Å²) in [5.41, 5.74) is 2.75. The van der Waals surface area contributed by atoms with Crippen molar-refractivity contribution in [2.24, 2.45) is 0 Å². The Bertz CT molecular complexity index is 924. The molecule has 7 heteroatoms. The lowest BCUT2D eigenvalue weighted by atomic mass is 10.1. The molecule has 1 atom stereocenters. The lowest BCUT2D eigenvalue weighted by Gasteiger charge is -2.15. The van der Waals surface area contributed by atoms with Crippen molar-refractivity contribution < 1.29 is 19.4 Å². The van der Waals surface area contributed by atoms with Crippen molar-refractivity contribution >= 4 is 5.91 Å². The summed E-state index contributed by atoms with van der Waals surface area (Å²) in [6, 6.07) is 16.4. The number of aliphatic hydroxyl groups is 1. The third-order valence-corrected chi connectivity index (χ3v) is 4.38. The van der Waals surface area contributed by atoms with E-state index in [1.165, 1.54) is 0 Å². The first-order valence-corrected chi connectivity index (χ1v) is 8.88. The number of rotatable bonds is 8. The van der Waals surface area contributed by atoms with Crippen LogP contribution in [0.2, 0.25) is 0 Å². The molecule has 1 amide bonds. The number of carbonyl (C=O) groups excluding carboxylic acids is 1. The number of nitrogens with one attached hydrogen (secondary N) is 2. The lowest BCUT2D eigenvalue weighted by Crippen LogP contribution is -2.39. The van der Waals surface area contributed by atoms with Crippen LogP contribution < -0.4 is 14.8 Å². The van der Waals surface area contributed by atoms with E-state index >= 15 is 0 Å². The van der Waals surface area contributed by atoms with Gasteiger partial charge in [-0.2, -0.15) is 5.10 Å². The molecule has 0 aliphatic rings. The topological polar surface area (TPSA) is 96.5 Å². The van der Waals surface area contributed by atoms with Crippen LogP contribution in [0.5, 0.6) is 11.5 Å². The van der Waals surface area contributed by atoms with Crippen molar-refractivity contribution in [1.29, 1.82) is 0 Å². The molecule has 0 unspecified atom stereocenters. The Labute approximate surface area is 163 Å². The fourth-order valence-electron chi connectivity index (χ4n) is 2.90. The molecular weight excluding hydrogens is 358 g/mol. The van der Waals surface area contributed by atoms with Gasteiger partial charge in [0.2, 0.25) is 0 Å². The molecule has 146 valence electrons. The molecule has 28 heavy (non-hydrogen) atoms. The maximum atomic E-state index is 12.5. The van der Waals surface area contributed by atoms with Gasteiger partial charge in [0.25, 0.3) is 5.91 Å². The van der Waals surface area contributed by atoms with E-state index in [9.17, 15) is 9.90 Å². The maximum absolute atomic E-state index is 12.5. The molecule has 0 fully saturated rings. The van der Waals surface area contributed by atoms with Gasteiger partial charge in [0.1, 0.15) is 5.69 Å². The minimum atomic E-state index is -0.386. The number of carbonyl (C=O) groups is 1. The number of hydrogen-bond acceptors (Lipinski definition) is 5. The molecule has 0 saturated heterocycles. The smallest absolute Gasteiger partial charge is 0.269 e. The summed E-state index contributed by atoms with van der Waals surface area (Å²) in [6.07, 6.45) is 0.541. The highest BCUT2D eigenvalue weighted by Crippen LogP contribution is 2.31. The van der Waals surface area contributed by atoms with Gasteiger partial charge in [-0.1, -0.05) is 30.3 Å². The van der Waals surface area contributed by atoms with Crippen molar-refractivity contribution in [1.82, 2.24) is 15.5 Å². The van der Waals surface area contributed by atoms with E-state index in [0.717, 1.165) is 11.1 Å². The van der Waals surface area contributed by atoms with E-state index in [2.05, 4.69) is 15.5 Å². The van der Waals surface area contributed by atoms with Crippen molar-refractivity contribution in [2.75, 3.05) is 20.8 Å². The number of H-pyrrole nitrogens is 1. The Hall–Kier alpha value is -3.32. The second-order valence-corrected chi connectivity index (χ2v) is 6.28. The number of hydrogen-bond donors (Lipinski definition) is 3. The molecule has 0 radical (unpaired) electrons. The fraction of sp³-hybridized carbons (Fsp3) is 0.238. The molecule has 0 bridgehead atoms. The molecule has 1 heterocycles. The first kappa shape index (κ1) is 19.4. The molecule has 7 nitrogen and oxygen atoms in total. The number of benzene rings is 2. The zero-order valence-corrected chi connectivity index (χ0v) is 15.8. The molecular formula is C21H23N3O4. The SMILES string of the molecule is COc1ccc(-c2cc(C(=O)N[C@@H](CO)Cc3ccccc3)[nH]n2)cc1OC. The fourth-order valence-corrected chi connectivity index (χ4v) is 2.90. The van der Waals surface area contributed by atoms with E-state index in [1.54, 1.807) is 32.4 Å². The van der Waals surface area contributed by atoms with Gasteiger partial charge in [0.15, 0.2) is 11.5 Å². The van der Waals surface area contributed by atoms with Crippen molar-refractivity contribution in [3.63, 3.8) is 0 Å². The summed E-state index contributed by atoms with van der Waals surface area (Å²) in [6.45, 7) is -0.155. The second kappa shape index (κ2) is 9.05. The predicted molar refractivity (Wildman–Crippen MR) is 106 cm³/mol. The molecule has 1 aromatic heterocycles. The van der Waals surface area contributed by atoms with Gasteiger partial charge >= 0.3 is 0 Å². The van der Waals surface area contributed by atoms with Crippen LogP contribution in [0.3, 0.4) is 0 Å². The average Bonchev–Trinajstić information content (AvgIpc) is 3.24. The van der Waals surface area contributed by atoms with E-state index in [-0.39, 0.29) is 18.6 Å². The van der Waals surface area contributed by atoms with Crippen LogP contribution in [0, 0.1) is 0 Å². The van der Waals surface area contributed by atoms with E-state index in [1.807, 2.05) is 36.4 Å². The summed E-state index contributed by atoms with van der Waals surface area (Å²) in [4.78, 5) is 12.5. The summed E-state index contributed by atoms with van der Waals surface area (Å²) in [5, 5.41) is 19.4. The van der Waals surface area contributed by atoms with Gasteiger partial charge in [-0.25, -0.2) is 0 Å². The molecule has 3 rings (SSSR count). The molecule has 0 spiro atoms. The van der Waals surface area contributed by atoms with Gasteiger partial charge in [0.05, 0.1) is 32.6 Å². The molecule has 0 aliphatic carbocycles. The van der Waals surface area contributed by atoms with Crippen LogP contribution in [0.4, 0.5) is 0 Å². The quantitative estimate of drug-likeness (QED) is 0.557. The zero-order valence-electron chi connectivity index (χ0n) is 15.8. The van der Waals surface area contributed by atoms with E-state index < -0.39 is 0 Å². The summed E-state index contributed by atoms with van der Waals surface area (Å²) < 4.78 is 10.5. The maximum Gasteiger partial charge on any atom is 0.269 e. The molecule has 0 aliphatic heterocycles. The van der Waals surface area contributed by atoms with E-state index in [0.29, 0.717) is 29.3 Å². The van der Waals surface area contributed by atoms with Gasteiger partial charge in [-0.3, -0.25) is 9.89 Å². The first-order chi connectivity index (χ1) is 13.6. The highest BCUT2D eigenvalue weighted by molar-refractivity contribution is 5.93. The molecule has 3 N–H and O–H groups in total. The normalized spacial score (nSPS) is 11.7. The third kappa shape index (κ3) is 4.50. The van der Waals surface area contributed by atoms with Gasteiger partial charge in [-0.15, -0.1) is 0 Å². The third-order valence-electron chi connectivity index (χ3n) is 4.38. The highest BCUT2D eigenvalue weighted by atomic mass is 16.5. The van der Waals surface area contributed by atoms with Crippen molar-refractivity contribution in [2.45, 2.75) is 12.5 Å². The highest BCUT2D eigenvalue weighted by Gasteiger charge is 2.17. The number of aromatic amines is 1. The summed E-state index contributed by atoms with van der Waals surface area (Å²) in [7, 11) is 3.13. The van der Waals surface area contributed by atoms with Gasteiger partial charge in [-0.05, 0) is 36.2 Å². The number of amides is 1. The second-order valence-electron chi connectivity index (χ2n) is 6.28. The van der Waals surface area contributed by atoms with Gasteiger partial charge in [0, 0.05) is 5.56 Å². The summed E-state index contributed by atoms with van der Waals surface area (Å²) >= 11 is 0. The van der Waals surface area contributed by atoms with E-state index in [4.69, 9.17) is 9.47 Å². The Balaban J connectivity index is 1.71. The molecule has 3 aromatic rings. The van der Waals surface area contributed by atoms with Crippen LogP contribution in [0.1, 0.15) is 16.1 Å². The molecule has 2 aromatic carbocycles. The number of ether oxygens (including phenoxy) is 2. The minimum absolute atomic E-state index is 0.155. The van der Waals surface area contributed by atoms with Crippen LogP contribution >= 0.6 is 0 Å². The van der Waals surface area contributed by atoms with Crippen molar-refractivity contribution in [3.8, 4) is 22.8 Å². The zero-order chi connectivity index (χ0) is 19.9. The Morgan fingerprint density at radius 1 is 1.11 bits per heavy atom. The van der Waals surface area contributed by atoms with Crippen molar-refractivity contribution in [3.05, 3.63) is 65.9 Å². The van der Waals surface area contributed by atoms with Crippen LogP contribution in [0.15, 0.2) is 54.6 Å². The van der Waals surface area contributed by atoms with Crippen LogP contribution in [-0.4, -0.2) is 48.1 Å². The largest absolute Gasteiger partial charge is 0.493 e. The number of nitrogens with zero attached hydrogens (tertiary/aromatic N) is 1.